The van der Waals surface area contributed by atoms with E-state index in [0.29, 0.717) is 11.8 Å². The lowest BCUT2D eigenvalue weighted by Crippen LogP contribution is -2.32. The van der Waals surface area contributed by atoms with Crippen LogP contribution >= 0.6 is 0 Å². The summed E-state index contributed by atoms with van der Waals surface area (Å²) in [5.41, 5.74) is 7.77. The number of nitrogens with two attached hydrogens (primary N) is 1. The van der Waals surface area contributed by atoms with E-state index >= 15 is 0 Å². The van der Waals surface area contributed by atoms with Gasteiger partial charge in [-0.3, -0.25) is 0 Å². The minimum atomic E-state index is 0.137. The summed E-state index contributed by atoms with van der Waals surface area (Å²) >= 11 is 0. The molecule has 1 nitrogen and oxygen atoms in total. The molecule has 0 aromatic carbocycles. The van der Waals surface area contributed by atoms with Gasteiger partial charge in [0.1, 0.15) is 0 Å². The van der Waals surface area contributed by atoms with Crippen molar-refractivity contribution in [2.75, 3.05) is 0 Å². The Bertz CT molecular complexity index is 347. The van der Waals surface area contributed by atoms with Gasteiger partial charge in [-0.25, -0.2) is 0 Å². The van der Waals surface area contributed by atoms with Crippen molar-refractivity contribution in [3.63, 3.8) is 0 Å². The number of hydrogen-bond acceptors (Lipinski definition) is 1. The highest BCUT2D eigenvalue weighted by Crippen LogP contribution is 2.29. The molecule has 0 aliphatic heterocycles. The predicted octanol–water partition coefficient (Wildman–Crippen LogP) is 4.38. The zero-order chi connectivity index (χ0) is 13.4. The lowest BCUT2D eigenvalue weighted by molar-refractivity contribution is 0.360. The quantitative estimate of drug-likeness (QED) is 0.690. The monoisotopic (exact) mass is 245 g/mol. The Morgan fingerprint density at radius 3 is 2.67 bits per heavy atom. The molecule has 0 aromatic heterocycles. The Kier molecular flexibility index (Phi) is 6.74. The van der Waals surface area contributed by atoms with Crippen molar-refractivity contribution >= 4 is 0 Å². The molecule has 3 unspecified atom stereocenters. The van der Waals surface area contributed by atoms with Crippen LogP contribution < -0.4 is 5.73 Å². The van der Waals surface area contributed by atoms with Crippen LogP contribution in [0.2, 0.25) is 0 Å². The van der Waals surface area contributed by atoms with Gasteiger partial charge in [0.2, 0.25) is 0 Å². The summed E-state index contributed by atoms with van der Waals surface area (Å²) < 4.78 is 0. The van der Waals surface area contributed by atoms with Gasteiger partial charge in [0.05, 0.1) is 0 Å². The Hall–Kier alpha value is -1.08. The van der Waals surface area contributed by atoms with Crippen molar-refractivity contribution in [3.8, 4) is 0 Å². The van der Waals surface area contributed by atoms with Crippen molar-refractivity contribution in [3.05, 3.63) is 48.1 Å². The molecule has 0 saturated carbocycles. The van der Waals surface area contributed by atoms with Crippen LogP contribution in [0.25, 0.3) is 0 Å². The molecule has 1 rings (SSSR count). The van der Waals surface area contributed by atoms with Gasteiger partial charge >= 0.3 is 0 Å². The van der Waals surface area contributed by atoms with E-state index in [0.717, 1.165) is 6.42 Å². The Balaban J connectivity index is 2.69. The predicted molar refractivity (Wildman–Crippen MR) is 81.3 cm³/mol. The lowest BCUT2D eigenvalue weighted by Gasteiger charge is -2.28. The maximum Gasteiger partial charge on any atom is 0.0261 e. The molecule has 100 valence electrons. The molecule has 0 saturated heterocycles. The first-order chi connectivity index (χ1) is 8.70. The molecule has 2 N–H and O–H groups in total. The van der Waals surface area contributed by atoms with Crippen molar-refractivity contribution in [2.24, 2.45) is 17.6 Å². The van der Waals surface area contributed by atoms with Crippen LogP contribution in [-0.4, -0.2) is 6.04 Å². The minimum absolute atomic E-state index is 0.137. The molecule has 0 spiro atoms. The van der Waals surface area contributed by atoms with Crippen molar-refractivity contribution in [1.29, 1.82) is 0 Å². The Morgan fingerprint density at radius 1 is 1.33 bits per heavy atom. The fraction of sp³-hybridized carbons (Fsp3) is 0.529. The van der Waals surface area contributed by atoms with E-state index in [9.17, 15) is 0 Å². The first-order valence-corrected chi connectivity index (χ1v) is 7.12. The average Bonchev–Trinajstić information content (AvgIpc) is 2.41. The van der Waals surface area contributed by atoms with Crippen LogP contribution in [0.3, 0.4) is 0 Å². The van der Waals surface area contributed by atoms with Crippen LogP contribution in [0.4, 0.5) is 0 Å². The Morgan fingerprint density at radius 2 is 2.11 bits per heavy atom. The van der Waals surface area contributed by atoms with E-state index in [2.05, 4.69) is 44.2 Å². The number of rotatable bonds is 6. The van der Waals surface area contributed by atoms with Crippen LogP contribution in [0.1, 0.15) is 40.0 Å². The van der Waals surface area contributed by atoms with Crippen LogP contribution in [0.5, 0.6) is 0 Å². The maximum absolute atomic E-state index is 6.30. The number of hydrogen-bond donors (Lipinski definition) is 1. The standard InChI is InChI=1S/C17H27N/c1-4-6-8-13-17(18)16(5-2)14(3)15-11-9-7-10-12-15/h4,6,8-9,11-14,16-17H,5,7,10,18H2,1-3H3/b6-4-,13-8-. The summed E-state index contributed by atoms with van der Waals surface area (Å²) in [5, 5.41) is 0. The minimum Gasteiger partial charge on any atom is -0.324 e. The molecule has 1 aliphatic carbocycles. The summed E-state index contributed by atoms with van der Waals surface area (Å²) in [6, 6.07) is 0.137. The highest BCUT2D eigenvalue weighted by atomic mass is 14.6. The van der Waals surface area contributed by atoms with Gasteiger partial charge in [-0.2, -0.15) is 0 Å². The second kappa shape index (κ2) is 8.10. The van der Waals surface area contributed by atoms with Crippen molar-refractivity contribution in [2.45, 2.75) is 46.1 Å². The molecule has 1 aliphatic rings. The zero-order valence-corrected chi connectivity index (χ0v) is 12.0. The third kappa shape index (κ3) is 4.30. The van der Waals surface area contributed by atoms with Gasteiger partial charge in [0, 0.05) is 6.04 Å². The zero-order valence-electron chi connectivity index (χ0n) is 12.0. The third-order valence-corrected chi connectivity index (χ3v) is 3.79. The van der Waals surface area contributed by atoms with E-state index < -0.39 is 0 Å². The summed E-state index contributed by atoms with van der Waals surface area (Å²) in [6.45, 7) is 6.56. The second-order valence-corrected chi connectivity index (χ2v) is 5.03. The van der Waals surface area contributed by atoms with Gasteiger partial charge in [0.25, 0.3) is 0 Å². The van der Waals surface area contributed by atoms with Gasteiger partial charge in [-0.1, -0.05) is 62.8 Å². The summed E-state index contributed by atoms with van der Waals surface area (Å²) in [4.78, 5) is 0. The van der Waals surface area contributed by atoms with Gasteiger partial charge < -0.3 is 5.73 Å². The molecule has 1 heteroatoms. The van der Waals surface area contributed by atoms with E-state index in [1.807, 2.05) is 19.1 Å². The lowest BCUT2D eigenvalue weighted by atomic mass is 9.79. The molecule has 3 atom stereocenters. The molecule has 0 heterocycles. The summed E-state index contributed by atoms with van der Waals surface area (Å²) in [5.74, 6) is 1.05. The van der Waals surface area contributed by atoms with E-state index in [4.69, 9.17) is 5.73 Å². The summed E-state index contributed by atoms with van der Waals surface area (Å²) in [7, 11) is 0. The number of allylic oxidation sites excluding steroid dienone is 7. The SMILES string of the molecule is C/C=C\C=C/C(N)C(CC)C(C)C1=CCCC=C1. The van der Waals surface area contributed by atoms with Crippen LogP contribution in [-0.2, 0) is 0 Å². The first kappa shape index (κ1) is 15.0. The highest BCUT2D eigenvalue weighted by molar-refractivity contribution is 5.26. The molecular weight excluding hydrogens is 218 g/mol. The van der Waals surface area contributed by atoms with Crippen molar-refractivity contribution < 1.29 is 0 Å². The van der Waals surface area contributed by atoms with Gasteiger partial charge in [-0.05, 0) is 37.2 Å². The largest absolute Gasteiger partial charge is 0.324 e. The second-order valence-electron chi connectivity index (χ2n) is 5.03. The van der Waals surface area contributed by atoms with Gasteiger partial charge in [0.15, 0.2) is 0 Å². The van der Waals surface area contributed by atoms with Gasteiger partial charge in [-0.15, -0.1) is 0 Å². The molecule has 0 amide bonds. The Labute approximate surface area is 112 Å². The van der Waals surface area contributed by atoms with E-state index in [1.165, 1.54) is 18.4 Å². The van der Waals surface area contributed by atoms with Crippen LogP contribution in [0.15, 0.2) is 48.1 Å². The molecule has 0 bridgehead atoms. The van der Waals surface area contributed by atoms with E-state index in [1.54, 1.807) is 0 Å². The topological polar surface area (TPSA) is 26.0 Å². The van der Waals surface area contributed by atoms with Crippen LogP contribution in [0, 0.1) is 11.8 Å². The highest BCUT2D eigenvalue weighted by Gasteiger charge is 2.22. The average molecular weight is 245 g/mol. The summed E-state index contributed by atoms with van der Waals surface area (Å²) in [6.07, 6.45) is 18.7. The molecule has 0 radical (unpaired) electrons. The normalized spacial score (nSPS) is 21.2. The van der Waals surface area contributed by atoms with E-state index in [-0.39, 0.29) is 6.04 Å². The first-order valence-electron chi connectivity index (χ1n) is 7.12. The molecule has 18 heavy (non-hydrogen) atoms. The van der Waals surface area contributed by atoms with Crippen molar-refractivity contribution in [1.82, 2.24) is 0 Å². The smallest absolute Gasteiger partial charge is 0.0261 e. The fourth-order valence-electron chi connectivity index (χ4n) is 2.62. The molecular formula is C17H27N. The molecule has 0 aromatic rings. The third-order valence-electron chi connectivity index (χ3n) is 3.79. The molecule has 0 fully saturated rings. The maximum atomic E-state index is 6.30. The fourth-order valence-corrected chi connectivity index (χ4v) is 2.62.